The van der Waals surface area contributed by atoms with E-state index in [1.165, 1.54) is 0 Å². The van der Waals surface area contributed by atoms with Crippen molar-refractivity contribution < 1.29 is 9.21 Å². The largest absolute Gasteiger partial charge is 0.444 e. The molecule has 18 heavy (non-hydrogen) atoms. The van der Waals surface area contributed by atoms with Crippen LogP contribution in [0, 0.1) is 5.92 Å². The third kappa shape index (κ3) is 4.87. The Morgan fingerprint density at radius 3 is 2.72 bits per heavy atom. The molecule has 2 N–H and O–H groups in total. The predicted octanol–water partition coefficient (Wildman–Crippen LogP) is 1.49. The molecule has 1 aromatic rings. The zero-order chi connectivity index (χ0) is 13.5. The summed E-state index contributed by atoms with van der Waals surface area (Å²) >= 11 is 0. The number of hydrogen-bond donors (Lipinski definition) is 2. The highest BCUT2D eigenvalue weighted by Crippen LogP contribution is 2.03. The van der Waals surface area contributed by atoms with Gasteiger partial charge in [-0.25, -0.2) is 4.98 Å². The highest BCUT2D eigenvalue weighted by molar-refractivity contribution is 5.78. The Morgan fingerprint density at radius 2 is 2.17 bits per heavy atom. The molecule has 0 aliphatic heterocycles. The molecule has 1 rings (SSSR count). The summed E-state index contributed by atoms with van der Waals surface area (Å²) in [5.41, 5.74) is 0. The van der Waals surface area contributed by atoms with Gasteiger partial charge in [0.05, 0.1) is 19.3 Å². The monoisotopic (exact) mass is 253 g/mol. The molecule has 0 saturated heterocycles. The van der Waals surface area contributed by atoms with E-state index in [2.05, 4.69) is 29.5 Å². The van der Waals surface area contributed by atoms with Gasteiger partial charge in [0.1, 0.15) is 5.76 Å². The lowest BCUT2D eigenvalue weighted by atomic mass is 10.1. The first kappa shape index (κ1) is 14.7. The van der Waals surface area contributed by atoms with Crippen LogP contribution < -0.4 is 10.6 Å². The van der Waals surface area contributed by atoms with Gasteiger partial charge in [-0.1, -0.05) is 20.8 Å². The smallest absolute Gasteiger partial charge is 0.234 e. The summed E-state index contributed by atoms with van der Waals surface area (Å²) in [5, 5.41) is 5.94. The molecular formula is C13H23N3O2. The van der Waals surface area contributed by atoms with Crippen molar-refractivity contribution in [3.63, 3.8) is 0 Å². The van der Waals surface area contributed by atoms with Crippen LogP contribution in [0.4, 0.5) is 0 Å². The van der Waals surface area contributed by atoms with Gasteiger partial charge in [0, 0.05) is 12.5 Å². The maximum absolute atomic E-state index is 11.6. The van der Waals surface area contributed by atoms with Crippen molar-refractivity contribution in [2.75, 3.05) is 6.54 Å². The second kappa shape index (κ2) is 7.16. The maximum atomic E-state index is 11.6. The molecule has 0 aliphatic carbocycles. The summed E-state index contributed by atoms with van der Waals surface area (Å²) in [5.74, 6) is 1.92. The van der Waals surface area contributed by atoms with Gasteiger partial charge in [0.25, 0.3) is 0 Å². The van der Waals surface area contributed by atoms with E-state index in [0.29, 0.717) is 18.4 Å². The van der Waals surface area contributed by atoms with E-state index in [4.69, 9.17) is 4.42 Å². The van der Waals surface area contributed by atoms with Crippen molar-refractivity contribution in [1.29, 1.82) is 0 Å². The van der Waals surface area contributed by atoms with Crippen LogP contribution in [0.3, 0.4) is 0 Å². The average molecular weight is 253 g/mol. The molecule has 0 spiro atoms. The number of oxazole rings is 1. The third-order valence-corrected chi connectivity index (χ3v) is 2.90. The number of nitrogens with one attached hydrogen (secondary N) is 2. The summed E-state index contributed by atoms with van der Waals surface area (Å²) in [4.78, 5) is 15.7. The van der Waals surface area contributed by atoms with E-state index in [0.717, 1.165) is 12.2 Å². The average Bonchev–Trinajstić information content (AvgIpc) is 2.76. The van der Waals surface area contributed by atoms with Crippen LogP contribution in [0.1, 0.15) is 39.3 Å². The minimum Gasteiger partial charge on any atom is -0.444 e. The van der Waals surface area contributed by atoms with Gasteiger partial charge in [-0.05, 0) is 12.8 Å². The Bertz CT molecular complexity index is 374. The number of aryl methyl sites for hydroxylation is 1. The van der Waals surface area contributed by atoms with Crippen LogP contribution in [0.25, 0.3) is 0 Å². The summed E-state index contributed by atoms with van der Waals surface area (Å²) in [6.45, 7) is 8.93. The fourth-order valence-electron chi connectivity index (χ4n) is 1.35. The minimum absolute atomic E-state index is 0.00142. The van der Waals surface area contributed by atoms with E-state index < -0.39 is 0 Å². The SMILES string of the molecule is CCc1cnc(CNCC(=O)NC(C)C(C)C)o1. The summed E-state index contributed by atoms with van der Waals surface area (Å²) < 4.78 is 5.43. The van der Waals surface area contributed by atoms with Crippen molar-refractivity contribution in [2.24, 2.45) is 5.92 Å². The van der Waals surface area contributed by atoms with Gasteiger partial charge in [0.2, 0.25) is 11.8 Å². The highest BCUT2D eigenvalue weighted by atomic mass is 16.4. The van der Waals surface area contributed by atoms with Gasteiger partial charge >= 0.3 is 0 Å². The zero-order valence-electron chi connectivity index (χ0n) is 11.6. The van der Waals surface area contributed by atoms with Crippen molar-refractivity contribution in [3.8, 4) is 0 Å². The summed E-state index contributed by atoms with van der Waals surface area (Å²) in [6, 6.07) is 0.188. The molecule has 5 heteroatoms. The topological polar surface area (TPSA) is 67.2 Å². The number of aromatic nitrogens is 1. The van der Waals surface area contributed by atoms with Crippen LogP contribution in [0.15, 0.2) is 10.6 Å². The first-order valence-corrected chi connectivity index (χ1v) is 6.46. The van der Waals surface area contributed by atoms with E-state index in [1.807, 2.05) is 13.8 Å². The van der Waals surface area contributed by atoms with E-state index in [1.54, 1.807) is 6.20 Å². The fraction of sp³-hybridized carbons (Fsp3) is 0.692. The molecule has 1 heterocycles. The van der Waals surface area contributed by atoms with Gasteiger partial charge in [-0.3, -0.25) is 10.1 Å². The second-order valence-electron chi connectivity index (χ2n) is 4.78. The van der Waals surface area contributed by atoms with Crippen LogP contribution in [0.2, 0.25) is 0 Å². The Labute approximate surface area is 108 Å². The molecule has 0 aromatic carbocycles. The number of hydrogen-bond acceptors (Lipinski definition) is 4. The Kier molecular flexibility index (Phi) is 5.85. The normalized spacial score (nSPS) is 12.7. The first-order chi connectivity index (χ1) is 8.52. The van der Waals surface area contributed by atoms with Crippen LogP contribution >= 0.6 is 0 Å². The van der Waals surface area contributed by atoms with Crippen molar-refractivity contribution in [3.05, 3.63) is 17.8 Å². The molecule has 102 valence electrons. The lowest BCUT2D eigenvalue weighted by Crippen LogP contribution is -2.41. The first-order valence-electron chi connectivity index (χ1n) is 6.46. The zero-order valence-corrected chi connectivity index (χ0v) is 11.6. The van der Waals surface area contributed by atoms with Gasteiger partial charge < -0.3 is 9.73 Å². The van der Waals surface area contributed by atoms with Crippen LogP contribution in [-0.4, -0.2) is 23.5 Å². The lowest BCUT2D eigenvalue weighted by Gasteiger charge is -2.17. The Morgan fingerprint density at radius 1 is 1.44 bits per heavy atom. The number of nitrogens with zero attached hydrogens (tertiary/aromatic N) is 1. The molecule has 1 amide bonds. The summed E-state index contributed by atoms with van der Waals surface area (Å²) in [6.07, 6.45) is 2.55. The van der Waals surface area contributed by atoms with Crippen molar-refractivity contribution >= 4 is 5.91 Å². The lowest BCUT2D eigenvalue weighted by molar-refractivity contribution is -0.121. The van der Waals surface area contributed by atoms with E-state index >= 15 is 0 Å². The van der Waals surface area contributed by atoms with E-state index in [9.17, 15) is 4.79 Å². The highest BCUT2D eigenvalue weighted by Gasteiger charge is 2.10. The number of carbonyl (C=O) groups excluding carboxylic acids is 1. The minimum atomic E-state index is -0.00142. The molecule has 1 atom stereocenters. The predicted molar refractivity (Wildman–Crippen MR) is 70.0 cm³/mol. The standard InChI is InChI=1S/C13H23N3O2/c1-5-11-6-15-13(18-11)8-14-7-12(17)16-10(4)9(2)3/h6,9-10,14H,5,7-8H2,1-4H3,(H,16,17). The van der Waals surface area contributed by atoms with Crippen molar-refractivity contribution in [1.82, 2.24) is 15.6 Å². The molecule has 0 fully saturated rings. The fourth-order valence-corrected chi connectivity index (χ4v) is 1.35. The second-order valence-corrected chi connectivity index (χ2v) is 4.78. The molecule has 0 radical (unpaired) electrons. The summed E-state index contributed by atoms with van der Waals surface area (Å²) in [7, 11) is 0. The quantitative estimate of drug-likeness (QED) is 0.772. The van der Waals surface area contributed by atoms with Crippen LogP contribution in [0.5, 0.6) is 0 Å². The van der Waals surface area contributed by atoms with Crippen LogP contribution in [-0.2, 0) is 17.8 Å². The maximum Gasteiger partial charge on any atom is 0.234 e. The van der Waals surface area contributed by atoms with Gasteiger partial charge in [-0.2, -0.15) is 0 Å². The van der Waals surface area contributed by atoms with Gasteiger partial charge in [-0.15, -0.1) is 0 Å². The Balaban J connectivity index is 2.23. The molecule has 1 unspecified atom stereocenters. The molecule has 0 bridgehead atoms. The number of carbonyl (C=O) groups is 1. The van der Waals surface area contributed by atoms with Crippen molar-refractivity contribution in [2.45, 2.75) is 46.7 Å². The number of rotatable bonds is 7. The molecular weight excluding hydrogens is 230 g/mol. The molecule has 1 aromatic heterocycles. The third-order valence-electron chi connectivity index (χ3n) is 2.90. The van der Waals surface area contributed by atoms with E-state index in [-0.39, 0.29) is 18.5 Å². The van der Waals surface area contributed by atoms with Gasteiger partial charge in [0.15, 0.2) is 0 Å². The number of amides is 1. The molecule has 0 aliphatic rings. The molecule has 5 nitrogen and oxygen atoms in total. The molecule has 0 saturated carbocycles. The Hall–Kier alpha value is -1.36.